The second-order valence-corrected chi connectivity index (χ2v) is 8.52. The largest absolute Gasteiger partial charge is 0.497 e. The number of hydrogen-bond donors (Lipinski definition) is 0. The maximum Gasteiger partial charge on any atom is 0.246 e. The fourth-order valence-electron chi connectivity index (χ4n) is 4.33. The highest BCUT2D eigenvalue weighted by atomic mass is 19.1. The second-order valence-electron chi connectivity index (χ2n) is 8.52. The molecule has 1 heterocycles. The summed E-state index contributed by atoms with van der Waals surface area (Å²) in [6.45, 7) is 2.83. The Labute approximate surface area is 206 Å². The van der Waals surface area contributed by atoms with Gasteiger partial charge in [0.15, 0.2) is 11.6 Å². The van der Waals surface area contributed by atoms with Gasteiger partial charge >= 0.3 is 0 Å². The minimum absolute atomic E-state index is 0.00931. The van der Waals surface area contributed by atoms with Crippen molar-refractivity contribution >= 4 is 17.2 Å². The van der Waals surface area contributed by atoms with Crippen LogP contribution in [0.3, 0.4) is 0 Å². The van der Waals surface area contributed by atoms with Gasteiger partial charge in [-0.3, -0.25) is 4.79 Å². The van der Waals surface area contributed by atoms with Crippen LogP contribution in [0.4, 0.5) is 10.1 Å². The lowest BCUT2D eigenvalue weighted by molar-refractivity contribution is -0.126. The van der Waals surface area contributed by atoms with Crippen molar-refractivity contribution in [3.63, 3.8) is 0 Å². The zero-order valence-corrected chi connectivity index (χ0v) is 20.2. The van der Waals surface area contributed by atoms with Crippen molar-refractivity contribution in [2.45, 2.75) is 12.8 Å². The molecule has 1 aliphatic heterocycles. The molecule has 1 aliphatic rings. The number of aryl methyl sites for hydroxylation is 1. The van der Waals surface area contributed by atoms with E-state index < -0.39 is 0 Å². The van der Waals surface area contributed by atoms with Crippen LogP contribution in [0, 0.1) is 5.82 Å². The molecule has 6 heteroatoms. The number of amides is 1. The minimum atomic E-state index is -0.375. The molecule has 3 aromatic rings. The summed E-state index contributed by atoms with van der Waals surface area (Å²) in [5, 5.41) is 0. The Balaban J connectivity index is 1.44. The highest BCUT2D eigenvalue weighted by Crippen LogP contribution is 2.25. The number of methoxy groups -OCH3 is 2. The van der Waals surface area contributed by atoms with Crippen molar-refractivity contribution in [2.75, 3.05) is 45.3 Å². The molecule has 0 radical (unpaired) electrons. The van der Waals surface area contributed by atoms with Crippen LogP contribution < -0.4 is 14.4 Å². The monoisotopic (exact) mass is 474 g/mol. The van der Waals surface area contributed by atoms with Gasteiger partial charge in [-0.1, -0.05) is 42.5 Å². The summed E-state index contributed by atoms with van der Waals surface area (Å²) in [5.74, 6) is 0.694. The van der Waals surface area contributed by atoms with E-state index in [1.165, 1.54) is 13.2 Å². The van der Waals surface area contributed by atoms with Crippen LogP contribution in [-0.4, -0.2) is 51.2 Å². The molecule has 0 bridgehead atoms. The first-order valence-corrected chi connectivity index (χ1v) is 11.8. The van der Waals surface area contributed by atoms with E-state index in [-0.39, 0.29) is 17.5 Å². The van der Waals surface area contributed by atoms with E-state index >= 15 is 0 Å². The number of benzene rings is 3. The summed E-state index contributed by atoms with van der Waals surface area (Å²) in [6.07, 6.45) is 3.00. The molecule has 1 saturated heterocycles. The first-order chi connectivity index (χ1) is 17.1. The van der Waals surface area contributed by atoms with Crippen molar-refractivity contribution in [1.29, 1.82) is 0 Å². The maximum absolute atomic E-state index is 14.1. The van der Waals surface area contributed by atoms with Crippen molar-refractivity contribution in [1.82, 2.24) is 4.90 Å². The number of ether oxygens (including phenoxy) is 2. The molecule has 0 N–H and O–H groups in total. The Morgan fingerprint density at radius 2 is 1.69 bits per heavy atom. The summed E-state index contributed by atoms with van der Waals surface area (Å²) >= 11 is 0. The van der Waals surface area contributed by atoms with Gasteiger partial charge in [0.1, 0.15) is 5.75 Å². The molecule has 35 heavy (non-hydrogen) atoms. The first kappa shape index (κ1) is 24.3. The fourth-order valence-corrected chi connectivity index (χ4v) is 4.33. The third kappa shape index (κ3) is 6.21. The minimum Gasteiger partial charge on any atom is -0.497 e. The van der Waals surface area contributed by atoms with E-state index in [1.807, 2.05) is 59.5 Å². The lowest BCUT2D eigenvalue weighted by atomic mass is 9.97. The number of anilines is 1. The topological polar surface area (TPSA) is 42.0 Å². The van der Waals surface area contributed by atoms with Crippen LogP contribution in [0.5, 0.6) is 11.5 Å². The zero-order valence-electron chi connectivity index (χ0n) is 20.2. The van der Waals surface area contributed by atoms with Crippen LogP contribution in [0.15, 0.2) is 78.9 Å². The molecular weight excluding hydrogens is 443 g/mol. The summed E-state index contributed by atoms with van der Waals surface area (Å²) in [7, 11) is 3.12. The average molecular weight is 475 g/mol. The first-order valence-electron chi connectivity index (χ1n) is 11.8. The lowest BCUT2D eigenvalue weighted by Crippen LogP contribution is -2.48. The molecule has 3 aromatic carbocycles. The molecule has 4 rings (SSSR count). The molecule has 0 aromatic heterocycles. The van der Waals surface area contributed by atoms with E-state index in [2.05, 4.69) is 11.0 Å². The summed E-state index contributed by atoms with van der Waals surface area (Å²) in [5.41, 5.74) is 3.92. The normalized spacial score (nSPS) is 14.1. The van der Waals surface area contributed by atoms with E-state index in [4.69, 9.17) is 9.47 Å². The van der Waals surface area contributed by atoms with Gasteiger partial charge in [-0.05, 0) is 53.8 Å². The van der Waals surface area contributed by atoms with Gasteiger partial charge in [0, 0.05) is 44.0 Å². The number of hydrogen-bond acceptors (Lipinski definition) is 4. The Morgan fingerprint density at radius 3 is 2.37 bits per heavy atom. The van der Waals surface area contributed by atoms with Crippen molar-refractivity contribution in [3.05, 3.63) is 95.8 Å². The molecule has 0 atom stereocenters. The van der Waals surface area contributed by atoms with Crippen LogP contribution in [0.1, 0.15) is 17.5 Å². The second kappa shape index (κ2) is 11.6. The predicted molar refractivity (Wildman–Crippen MR) is 137 cm³/mol. The number of nitrogens with zero attached hydrogens (tertiary/aromatic N) is 2. The molecule has 0 aliphatic carbocycles. The Morgan fingerprint density at radius 1 is 0.914 bits per heavy atom. The highest BCUT2D eigenvalue weighted by Gasteiger charge is 2.21. The SMILES string of the molecule is COc1cccc(N2CCN(C(=O)/C=C(/CCc3ccc(OC)c(F)c3)c3ccccc3)CC2)c1. The summed E-state index contributed by atoms with van der Waals surface area (Å²) in [4.78, 5) is 17.4. The van der Waals surface area contributed by atoms with Crippen molar-refractivity contribution in [2.24, 2.45) is 0 Å². The average Bonchev–Trinajstić information content (AvgIpc) is 2.91. The lowest BCUT2D eigenvalue weighted by Gasteiger charge is -2.36. The smallest absolute Gasteiger partial charge is 0.246 e. The third-order valence-electron chi connectivity index (χ3n) is 6.35. The van der Waals surface area contributed by atoms with E-state index in [0.717, 1.165) is 41.2 Å². The standard InChI is InChI=1S/C29H31FN2O3/c1-34-26-10-6-9-25(21-26)31-15-17-32(18-16-31)29(33)20-24(23-7-4-3-5-8-23)13-11-22-12-14-28(35-2)27(30)19-22/h3-10,12,14,19-21H,11,13,15-18H2,1-2H3/b24-20-. The van der Waals surface area contributed by atoms with E-state index in [0.29, 0.717) is 25.9 Å². The van der Waals surface area contributed by atoms with Crippen LogP contribution in [0.2, 0.25) is 0 Å². The molecule has 0 unspecified atom stereocenters. The third-order valence-corrected chi connectivity index (χ3v) is 6.35. The Hall–Kier alpha value is -3.80. The number of carbonyl (C=O) groups excluding carboxylic acids is 1. The molecule has 1 amide bonds. The maximum atomic E-state index is 14.1. The van der Waals surface area contributed by atoms with Crippen molar-refractivity contribution in [3.8, 4) is 11.5 Å². The Kier molecular flexibility index (Phi) is 8.03. The van der Waals surface area contributed by atoms with Gasteiger partial charge in [-0.25, -0.2) is 4.39 Å². The van der Waals surface area contributed by atoms with Gasteiger partial charge < -0.3 is 19.3 Å². The molecule has 0 saturated carbocycles. The van der Waals surface area contributed by atoms with Crippen LogP contribution >= 0.6 is 0 Å². The number of carbonyl (C=O) groups is 1. The number of rotatable bonds is 8. The zero-order chi connectivity index (χ0) is 24.6. The van der Waals surface area contributed by atoms with Gasteiger partial charge in [-0.15, -0.1) is 0 Å². The predicted octanol–water partition coefficient (Wildman–Crippen LogP) is 5.21. The highest BCUT2D eigenvalue weighted by molar-refractivity contribution is 5.95. The molecule has 0 spiro atoms. The van der Waals surface area contributed by atoms with Gasteiger partial charge in [-0.2, -0.15) is 0 Å². The Bertz CT molecular complexity index is 1170. The summed E-state index contributed by atoms with van der Waals surface area (Å²) in [6, 6.07) is 22.9. The fraction of sp³-hybridized carbons (Fsp3) is 0.276. The van der Waals surface area contributed by atoms with E-state index in [9.17, 15) is 9.18 Å². The summed E-state index contributed by atoms with van der Waals surface area (Å²) < 4.78 is 24.5. The number of piperazine rings is 1. The number of allylic oxidation sites excluding steroid dienone is 1. The molecular formula is C29H31FN2O3. The van der Waals surface area contributed by atoms with Crippen molar-refractivity contribution < 1.29 is 18.7 Å². The van der Waals surface area contributed by atoms with Gasteiger partial charge in [0.25, 0.3) is 0 Å². The molecule has 1 fully saturated rings. The quantitative estimate of drug-likeness (QED) is 0.421. The molecule has 5 nitrogen and oxygen atoms in total. The van der Waals surface area contributed by atoms with Crippen LogP contribution in [0.25, 0.3) is 5.57 Å². The van der Waals surface area contributed by atoms with Gasteiger partial charge in [0.2, 0.25) is 5.91 Å². The molecule has 182 valence electrons. The van der Waals surface area contributed by atoms with E-state index in [1.54, 1.807) is 19.3 Å². The number of halogens is 1. The van der Waals surface area contributed by atoms with Crippen LogP contribution in [-0.2, 0) is 11.2 Å². The van der Waals surface area contributed by atoms with Gasteiger partial charge in [0.05, 0.1) is 14.2 Å².